The van der Waals surface area contributed by atoms with Gasteiger partial charge >= 0.3 is 101 Å². The molecule has 0 heterocycles. The standard InChI is InChI=1S/C16H19NO.C14H17N.C3H6O.C2H4O2.CH4.2I3.HI/c1-9(2)15-12-7-8-13(15)16-11(12)5-4-6-14(16)17-10(3)18;1-8(2)13-10-6-7-11(13)14-9(10)4-3-5-12(14)15;1-3(2)4;1-2(3)4;;2*1-3-2;/h4-6,12-13H,7-8H2,1-3H3,(H,17,18);3-5,10-11H,6-7,15H2,1-2H3;1-2H3;1H3,(H,3,4);1H4;;;1H/q;;;;;2*-1;. The van der Waals surface area contributed by atoms with E-state index in [1.54, 1.807) is 18.1 Å². The first-order valence-electron chi connectivity index (χ1n) is 15.1. The Morgan fingerprint density at radius 3 is 1.37 bits per heavy atom. The van der Waals surface area contributed by atoms with Gasteiger partial charge in [0.2, 0.25) is 5.91 Å². The first-order chi connectivity index (χ1) is 22.1. The predicted octanol–water partition coefficient (Wildman–Crippen LogP) is 7.03. The second-order valence-electron chi connectivity index (χ2n) is 12.2. The second-order valence-corrected chi connectivity index (χ2v) is 44.6. The number of halogens is 7. The summed E-state index contributed by atoms with van der Waals surface area (Å²) >= 11 is 10.6. The van der Waals surface area contributed by atoms with Gasteiger partial charge in [-0.2, -0.15) is 0 Å². The molecular formula is C36H51I7N2O4-2. The molecule has 13 heteroatoms. The fraction of sp³-hybridized carbons (Fsp3) is 0.472. The third kappa shape index (κ3) is 16.0. The Morgan fingerprint density at radius 2 is 1.02 bits per heavy atom. The van der Waals surface area contributed by atoms with E-state index < -0.39 is 5.97 Å². The van der Waals surface area contributed by atoms with E-state index >= 15 is 0 Å². The molecule has 0 spiro atoms. The van der Waals surface area contributed by atoms with Gasteiger partial charge in [-0.25, -0.2) is 0 Å². The minimum absolute atomic E-state index is 0. The number of Topliss-reactive ketones (excluding diaryl/α,β-unsaturated/α-hetero) is 1. The van der Waals surface area contributed by atoms with Crippen LogP contribution in [0.4, 0.5) is 11.4 Å². The Labute approximate surface area is 371 Å². The summed E-state index contributed by atoms with van der Waals surface area (Å²) in [4.78, 5) is 29.8. The van der Waals surface area contributed by atoms with Crippen molar-refractivity contribution >= 4 is 127 Å². The van der Waals surface area contributed by atoms with Crippen molar-refractivity contribution in [2.45, 2.75) is 112 Å². The molecule has 4 aliphatic carbocycles. The molecule has 2 fully saturated rings. The Morgan fingerprint density at radius 1 is 0.694 bits per heavy atom. The molecule has 4 aliphatic rings. The van der Waals surface area contributed by atoms with Crippen LogP contribution in [0.3, 0.4) is 0 Å². The topological polar surface area (TPSA) is 109 Å². The van der Waals surface area contributed by atoms with Crippen molar-refractivity contribution in [1.82, 2.24) is 0 Å². The number of ketones is 1. The summed E-state index contributed by atoms with van der Waals surface area (Å²) in [5.74, 6) is 1.81. The van der Waals surface area contributed by atoms with Gasteiger partial charge in [0.05, 0.1) is 0 Å². The van der Waals surface area contributed by atoms with E-state index in [9.17, 15) is 9.59 Å². The van der Waals surface area contributed by atoms with Gasteiger partial charge in [-0.15, -0.1) is 24.0 Å². The molecule has 2 saturated carbocycles. The number of fused-ring (bicyclic) bond motifs is 10. The summed E-state index contributed by atoms with van der Waals surface area (Å²) in [5.41, 5.74) is 20.1. The summed E-state index contributed by atoms with van der Waals surface area (Å²) in [6.45, 7) is 14.6. The number of anilines is 2. The van der Waals surface area contributed by atoms with Gasteiger partial charge < -0.3 is 21.0 Å². The summed E-state index contributed by atoms with van der Waals surface area (Å²) in [6.07, 6.45) is 5.12. The van der Waals surface area contributed by atoms with Crippen molar-refractivity contribution in [2.75, 3.05) is 11.1 Å². The van der Waals surface area contributed by atoms with Gasteiger partial charge in [0, 0.05) is 48.9 Å². The van der Waals surface area contributed by atoms with Crippen molar-refractivity contribution in [2.24, 2.45) is 0 Å². The Hall–Kier alpha value is 1.44. The number of nitrogens with two attached hydrogens (primary N) is 1. The Balaban J connectivity index is 0. The molecule has 0 aliphatic heterocycles. The Bertz CT molecular complexity index is 1430. The summed E-state index contributed by atoms with van der Waals surface area (Å²) in [5, 5.41) is 10.4. The molecule has 49 heavy (non-hydrogen) atoms. The van der Waals surface area contributed by atoms with E-state index in [0.29, 0.717) is 50.2 Å². The summed E-state index contributed by atoms with van der Waals surface area (Å²) in [7, 11) is 0. The number of hydrogen-bond acceptors (Lipinski definition) is 4. The quantitative estimate of drug-likeness (QED) is 0.162. The molecule has 6 rings (SSSR count). The molecule has 4 N–H and O–H groups in total. The first-order valence-corrected chi connectivity index (χ1v) is 40.3. The number of nitrogen functional groups attached to an aromatic ring is 1. The van der Waals surface area contributed by atoms with Gasteiger partial charge in [-0.1, -0.05) is 54.0 Å². The van der Waals surface area contributed by atoms with Crippen molar-refractivity contribution in [1.29, 1.82) is 0 Å². The van der Waals surface area contributed by atoms with E-state index in [-0.39, 0.29) is 43.1 Å². The van der Waals surface area contributed by atoms with Crippen LogP contribution in [0.1, 0.15) is 134 Å². The zero-order valence-corrected chi connectivity index (χ0v) is 43.8. The number of rotatable bonds is 1. The molecular weight excluding hydrogens is 1410 g/mol. The predicted molar refractivity (Wildman–Crippen MR) is 246 cm³/mol. The number of nitrogens with one attached hydrogen (secondary N) is 1. The van der Waals surface area contributed by atoms with E-state index in [1.165, 1.54) is 72.9 Å². The van der Waals surface area contributed by atoms with Gasteiger partial charge in [-0.05, 0) is 102 Å². The number of carboxylic acids is 1. The first kappa shape index (κ1) is 52.5. The maximum atomic E-state index is 11.3. The van der Waals surface area contributed by atoms with Crippen LogP contribution in [0.5, 0.6) is 0 Å². The third-order valence-electron chi connectivity index (χ3n) is 8.22. The van der Waals surface area contributed by atoms with Gasteiger partial charge in [0.15, 0.2) is 0 Å². The van der Waals surface area contributed by atoms with Crippen LogP contribution < -0.4 is 37.6 Å². The molecule has 6 nitrogen and oxygen atoms in total. The number of amides is 1. The molecule has 280 valence electrons. The van der Waals surface area contributed by atoms with E-state index in [2.05, 4.69) is 132 Å². The zero-order valence-electron chi connectivity index (χ0n) is 28.5. The van der Waals surface area contributed by atoms with Crippen molar-refractivity contribution in [3.05, 3.63) is 80.9 Å². The molecule has 2 aromatic rings. The number of carboxylic acid groups (broad SMARTS) is 1. The summed E-state index contributed by atoms with van der Waals surface area (Å²) in [6, 6.07) is 12.7. The van der Waals surface area contributed by atoms with Gasteiger partial charge in [0.1, 0.15) is 5.78 Å². The maximum absolute atomic E-state index is 11.3. The molecule has 0 saturated heterocycles. The van der Waals surface area contributed by atoms with Crippen molar-refractivity contribution < 1.29 is 46.0 Å². The average Bonchev–Trinajstić information content (AvgIpc) is 3.72. The van der Waals surface area contributed by atoms with Crippen LogP contribution in [0, 0.1) is 0 Å². The molecule has 0 radical (unpaired) electrons. The van der Waals surface area contributed by atoms with Crippen LogP contribution in [0.15, 0.2) is 58.7 Å². The van der Waals surface area contributed by atoms with Crippen molar-refractivity contribution in [3.63, 3.8) is 0 Å². The molecule has 4 bridgehead atoms. The molecule has 2 aromatic carbocycles. The fourth-order valence-corrected chi connectivity index (χ4v) is 7.30. The average molecular weight is 1460 g/mol. The minimum atomic E-state index is -0.833. The van der Waals surface area contributed by atoms with Crippen molar-refractivity contribution in [3.8, 4) is 0 Å². The third-order valence-corrected chi connectivity index (χ3v) is 8.22. The number of hydrogen-bond donors (Lipinski definition) is 3. The summed E-state index contributed by atoms with van der Waals surface area (Å²) < 4.78 is 0. The second kappa shape index (κ2) is 27.1. The number of allylic oxidation sites excluding steroid dienone is 4. The number of carbonyl (C=O) groups is 3. The zero-order chi connectivity index (χ0) is 36.0. The van der Waals surface area contributed by atoms with E-state index in [1.807, 2.05) is 12.1 Å². The number of aliphatic carboxylic acids is 1. The van der Waals surface area contributed by atoms with Crippen LogP contribution in [-0.4, -0.2) is 22.8 Å². The SMILES string of the molecule is C.CC(=O)Nc1cccc2c1C1CCC2C1=C(C)C.CC(=O)O.CC(C)=C1C2CCC1c1c(N)cccc12.CC(C)=O.I.I[I-]I.I[I-]I. The van der Waals surface area contributed by atoms with Gasteiger partial charge in [0.25, 0.3) is 5.97 Å². The van der Waals surface area contributed by atoms with Crippen LogP contribution >= 0.6 is 98.4 Å². The van der Waals surface area contributed by atoms with Crippen LogP contribution in [0.25, 0.3) is 0 Å². The Kier molecular flexibility index (Phi) is 29.0. The van der Waals surface area contributed by atoms with Gasteiger partial charge in [-0.3, -0.25) is 9.59 Å². The van der Waals surface area contributed by atoms with E-state index in [0.717, 1.165) is 18.3 Å². The normalized spacial score (nSPS) is 19.0. The van der Waals surface area contributed by atoms with Crippen LogP contribution in [0.2, 0.25) is 0 Å². The number of carbonyl (C=O) groups excluding carboxylic acids is 2. The monoisotopic (exact) mass is 1460 g/mol. The fourth-order valence-electron chi connectivity index (χ4n) is 7.30. The molecule has 4 atom stereocenters. The molecule has 0 aromatic heterocycles. The van der Waals surface area contributed by atoms with Crippen LogP contribution in [-0.2, 0) is 14.4 Å². The molecule has 1 amide bonds. The molecule has 4 unspecified atom stereocenters. The van der Waals surface area contributed by atoms with E-state index in [4.69, 9.17) is 15.6 Å². The number of benzene rings is 2.